The summed E-state index contributed by atoms with van der Waals surface area (Å²) in [5.74, 6) is 1.34. The highest BCUT2D eigenvalue weighted by atomic mass is 35.5. The van der Waals surface area contributed by atoms with Gasteiger partial charge in [-0.1, -0.05) is 23.7 Å². The number of ether oxygens (including phenoxy) is 2. The van der Waals surface area contributed by atoms with E-state index in [9.17, 15) is 4.79 Å². The third-order valence-corrected chi connectivity index (χ3v) is 3.67. The molecule has 25 heavy (non-hydrogen) atoms. The minimum absolute atomic E-state index is 0.209. The van der Waals surface area contributed by atoms with Crippen LogP contribution in [0.4, 0.5) is 0 Å². The molecule has 0 spiro atoms. The van der Waals surface area contributed by atoms with E-state index in [1.165, 1.54) is 6.92 Å². The van der Waals surface area contributed by atoms with Crippen molar-refractivity contribution in [3.63, 3.8) is 0 Å². The van der Waals surface area contributed by atoms with E-state index in [0.717, 1.165) is 34.1 Å². The number of aryl methyl sites for hydroxylation is 1. The van der Waals surface area contributed by atoms with Crippen LogP contribution in [0.15, 0.2) is 47.6 Å². The zero-order chi connectivity index (χ0) is 18.1. The summed E-state index contributed by atoms with van der Waals surface area (Å²) in [6.07, 6.45) is 2.33. The Balaban J connectivity index is 1.73. The predicted molar refractivity (Wildman–Crippen MR) is 99.6 cm³/mol. The van der Waals surface area contributed by atoms with Crippen LogP contribution in [0.1, 0.15) is 24.5 Å². The molecule has 0 unspecified atom stereocenters. The first-order valence-electron chi connectivity index (χ1n) is 7.96. The normalized spacial score (nSPS) is 10.7. The summed E-state index contributed by atoms with van der Waals surface area (Å²) in [5, 5.41) is 4.56. The van der Waals surface area contributed by atoms with Gasteiger partial charge in [0.05, 0.1) is 19.4 Å². The van der Waals surface area contributed by atoms with Gasteiger partial charge >= 0.3 is 0 Å². The van der Waals surface area contributed by atoms with Crippen molar-refractivity contribution in [2.24, 2.45) is 5.10 Å². The lowest BCUT2D eigenvalue weighted by Gasteiger charge is -2.09. The number of amides is 1. The van der Waals surface area contributed by atoms with Crippen molar-refractivity contribution in [3.8, 4) is 11.5 Å². The number of rotatable bonds is 8. The van der Waals surface area contributed by atoms with E-state index in [1.54, 1.807) is 6.21 Å². The first-order valence-corrected chi connectivity index (χ1v) is 8.34. The Bertz CT molecular complexity index is 747. The van der Waals surface area contributed by atoms with Crippen LogP contribution in [0.5, 0.6) is 11.5 Å². The van der Waals surface area contributed by atoms with Crippen LogP contribution in [0, 0.1) is 6.92 Å². The first kappa shape index (κ1) is 18.8. The second-order valence-corrected chi connectivity index (χ2v) is 5.87. The van der Waals surface area contributed by atoms with Crippen LogP contribution in [-0.4, -0.2) is 25.3 Å². The Morgan fingerprint density at radius 3 is 2.56 bits per heavy atom. The van der Waals surface area contributed by atoms with Gasteiger partial charge in [0, 0.05) is 18.4 Å². The second-order valence-electron chi connectivity index (χ2n) is 5.46. The van der Waals surface area contributed by atoms with Gasteiger partial charge < -0.3 is 9.47 Å². The summed E-state index contributed by atoms with van der Waals surface area (Å²) in [5.41, 5.74) is 4.20. The quantitative estimate of drug-likeness (QED) is 0.440. The molecular formula is C19H21ClN2O3. The molecule has 5 nitrogen and oxygen atoms in total. The van der Waals surface area contributed by atoms with Gasteiger partial charge in [-0.25, -0.2) is 5.43 Å². The molecule has 0 bridgehead atoms. The number of hydrazone groups is 1. The molecule has 0 aromatic heterocycles. The average Bonchev–Trinajstić information content (AvgIpc) is 2.58. The summed E-state index contributed by atoms with van der Waals surface area (Å²) in [4.78, 5) is 10.8. The standard InChI is InChI=1S/C19H21ClN2O3/c1-14-11-18(7-8-19(14)20)25-10-4-9-24-17-6-3-5-16(12-17)13-21-22-15(2)23/h3,5-8,11-13H,4,9-10H2,1-2H3,(H,22,23)/b21-13+. The second kappa shape index (κ2) is 9.69. The van der Waals surface area contributed by atoms with E-state index in [4.69, 9.17) is 21.1 Å². The average molecular weight is 361 g/mol. The van der Waals surface area contributed by atoms with Gasteiger partial charge in [-0.3, -0.25) is 4.79 Å². The molecule has 0 atom stereocenters. The number of carbonyl (C=O) groups is 1. The molecule has 0 fully saturated rings. The van der Waals surface area contributed by atoms with Crippen LogP contribution in [0.2, 0.25) is 5.02 Å². The molecular weight excluding hydrogens is 340 g/mol. The highest BCUT2D eigenvalue weighted by Crippen LogP contribution is 2.21. The van der Waals surface area contributed by atoms with Crippen molar-refractivity contribution < 1.29 is 14.3 Å². The molecule has 1 N–H and O–H groups in total. The van der Waals surface area contributed by atoms with Crippen LogP contribution in [-0.2, 0) is 4.79 Å². The summed E-state index contributed by atoms with van der Waals surface area (Å²) in [6, 6.07) is 13.1. The van der Waals surface area contributed by atoms with E-state index in [-0.39, 0.29) is 5.91 Å². The van der Waals surface area contributed by atoms with Crippen molar-refractivity contribution >= 4 is 23.7 Å². The maximum atomic E-state index is 10.8. The Kier molecular flexibility index (Phi) is 7.29. The van der Waals surface area contributed by atoms with Crippen molar-refractivity contribution in [3.05, 3.63) is 58.6 Å². The van der Waals surface area contributed by atoms with Crippen LogP contribution < -0.4 is 14.9 Å². The Hall–Kier alpha value is -2.53. The maximum Gasteiger partial charge on any atom is 0.236 e. The molecule has 2 rings (SSSR count). The zero-order valence-corrected chi connectivity index (χ0v) is 15.0. The minimum atomic E-state index is -0.209. The molecule has 2 aromatic carbocycles. The number of hydrogen-bond donors (Lipinski definition) is 1. The topological polar surface area (TPSA) is 59.9 Å². The molecule has 6 heteroatoms. The Labute approximate surface area is 152 Å². The number of carbonyl (C=O) groups excluding carboxylic acids is 1. The third-order valence-electron chi connectivity index (χ3n) is 3.25. The van der Waals surface area contributed by atoms with Gasteiger partial charge in [0.2, 0.25) is 5.91 Å². The van der Waals surface area contributed by atoms with E-state index in [0.29, 0.717) is 13.2 Å². The fourth-order valence-corrected chi connectivity index (χ4v) is 2.15. The Morgan fingerprint density at radius 1 is 1.16 bits per heavy atom. The lowest BCUT2D eigenvalue weighted by atomic mass is 10.2. The number of nitrogens with zero attached hydrogens (tertiary/aromatic N) is 1. The minimum Gasteiger partial charge on any atom is -0.493 e. The number of hydrogen-bond acceptors (Lipinski definition) is 4. The highest BCUT2D eigenvalue weighted by molar-refractivity contribution is 6.31. The summed E-state index contributed by atoms with van der Waals surface area (Å²) in [6.45, 7) is 4.45. The van der Waals surface area contributed by atoms with Gasteiger partial charge in [0.1, 0.15) is 11.5 Å². The summed E-state index contributed by atoms with van der Waals surface area (Å²) >= 11 is 5.99. The van der Waals surface area contributed by atoms with Crippen molar-refractivity contribution in [2.75, 3.05) is 13.2 Å². The fraction of sp³-hybridized carbons (Fsp3) is 0.263. The first-order chi connectivity index (χ1) is 12.0. The lowest BCUT2D eigenvalue weighted by Crippen LogP contribution is -2.12. The predicted octanol–water partition coefficient (Wildman–Crippen LogP) is 3.97. The molecule has 0 saturated carbocycles. The van der Waals surface area contributed by atoms with Crippen LogP contribution in [0.25, 0.3) is 0 Å². The molecule has 1 amide bonds. The van der Waals surface area contributed by atoms with Crippen molar-refractivity contribution in [1.29, 1.82) is 0 Å². The van der Waals surface area contributed by atoms with Gasteiger partial charge in [0.15, 0.2) is 0 Å². The third kappa shape index (κ3) is 6.85. The monoisotopic (exact) mass is 360 g/mol. The van der Waals surface area contributed by atoms with E-state index in [1.807, 2.05) is 49.4 Å². The molecule has 0 aliphatic heterocycles. The van der Waals surface area contributed by atoms with Crippen molar-refractivity contribution in [1.82, 2.24) is 5.43 Å². The molecule has 0 radical (unpaired) electrons. The number of halogens is 1. The fourth-order valence-electron chi connectivity index (χ4n) is 2.03. The molecule has 0 aliphatic rings. The highest BCUT2D eigenvalue weighted by Gasteiger charge is 2.00. The largest absolute Gasteiger partial charge is 0.493 e. The maximum absolute atomic E-state index is 10.8. The molecule has 132 valence electrons. The van der Waals surface area contributed by atoms with E-state index >= 15 is 0 Å². The lowest BCUT2D eigenvalue weighted by molar-refractivity contribution is -0.118. The molecule has 2 aromatic rings. The summed E-state index contributed by atoms with van der Waals surface area (Å²) < 4.78 is 11.4. The van der Waals surface area contributed by atoms with E-state index < -0.39 is 0 Å². The number of nitrogens with one attached hydrogen (secondary N) is 1. The molecule has 0 saturated heterocycles. The van der Waals surface area contributed by atoms with Crippen molar-refractivity contribution in [2.45, 2.75) is 20.3 Å². The zero-order valence-electron chi connectivity index (χ0n) is 14.3. The van der Waals surface area contributed by atoms with Gasteiger partial charge in [0.25, 0.3) is 0 Å². The van der Waals surface area contributed by atoms with Gasteiger partial charge in [-0.05, 0) is 48.4 Å². The van der Waals surface area contributed by atoms with Crippen LogP contribution >= 0.6 is 11.6 Å². The van der Waals surface area contributed by atoms with Gasteiger partial charge in [-0.2, -0.15) is 5.10 Å². The SMILES string of the molecule is CC(=O)N/N=C/c1cccc(OCCCOc2ccc(Cl)c(C)c2)c1. The van der Waals surface area contributed by atoms with Crippen LogP contribution in [0.3, 0.4) is 0 Å². The smallest absolute Gasteiger partial charge is 0.236 e. The molecule has 0 heterocycles. The summed E-state index contributed by atoms with van der Waals surface area (Å²) in [7, 11) is 0. The Morgan fingerprint density at radius 2 is 1.88 bits per heavy atom. The van der Waals surface area contributed by atoms with E-state index in [2.05, 4.69) is 10.5 Å². The van der Waals surface area contributed by atoms with Gasteiger partial charge in [-0.15, -0.1) is 0 Å². The number of benzene rings is 2. The molecule has 0 aliphatic carbocycles.